The lowest BCUT2D eigenvalue weighted by molar-refractivity contribution is -0.0211. The molecule has 0 aliphatic carbocycles. The van der Waals surface area contributed by atoms with Crippen molar-refractivity contribution in [3.05, 3.63) is 40.3 Å². The molecule has 170 valence electrons. The van der Waals surface area contributed by atoms with Gasteiger partial charge < -0.3 is 23.7 Å². The van der Waals surface area contributed by atoms with Crippen molar-refractivity contribution in [1.82, 2.24) is 9.55 Å². The monoisotopic (exact) mass is 432 g/mol. The van der Waals surface area contributed by atoms with Gasteiger partial charge in [0.05, 0.1) is 18.9 Å². The molecule has 0 spiro atoms. The first-order valence-electron chi connectivity index (χ1n) is 10.8. The van der Waals surface area contributed by atoms with Gasteiger partial charge in [0, 0.05) is 38.5 Å². The van der Waals surface area contributed by atoms with Crippen LogP contribution in [0.15, 0.2) is 29.1 Å². The summed E-state index contributed by atoms with van der Waals surface area (Å²) >= 11 is 0. The molecule has 0 saturated heterocycles. The third-order valence-corrected chi connectivity index (χ3v) is 4.96. The highest BCUT2D eigenvalue weighted by atomic mass is 16.6. The molecule has 0 amide bonds. The first kappa shape index (κ1) is 23.2. The van der Waals surface area contributed by atoms with E-state index in [-0.39, 0.29) is 18.4 Å². The van der Waals surface area contributed by atoms with Crippen molar-refractivity contribution in [2.45, 2.75) is 39.3 Å². The Morgan fingerprint density at radius 1 is 1.10 bits per heavy atom. The van der Waals surface area contributed by atoms with Crippen LogP contribution in [0.25, 0.3) is 11.3 Å². The van der Waals surface area contributed by atoms with E-state index in [1.807, 2.05) is 31.2 Å². The third-order valence-electron chi connectivity index (χ3n) is 4.96. The first-order valence-corrected chi connectivity index (χ1v) is 10.8. The number of nitrogens with zero attached hydrogens (tertiary/aromatic N) is 2. The van der Waals surface area contributed by atoms with Crippen LogP contribution in [0.2, 0.25) is 0 Å². The molecule has 2 heterocycles. The molecule has 2 aromatic rings. The minimum Gasteiger partial charge on any atom is -0.491 e. The van der Waals surface area contributed by atoms with Crippen molar-refractivity contribution in [2.24, 2.45) is 0 Å². The molecule has 0 saturated carbocycles. The fraction of sp³-hybridized carbons (Fsp3) is 0.565. The zero-order chi connectivity index (χ0) is 22.1. The highest BCUT2D eigenvalue weighted by Gasteiger charge is 2.20. The van der Waals surface area contributed by atoms with Gasteiger partial charge in [-0.3, -0.25) is 4.57 Å². The minimum absolute atomic E-state index is 0.219. The van der Waals surface area contributed by atoms with Gasteiger partial charge in [0.2, 0.25) is 5.88 Å². The summed E-state index contributed by atoms with van der Waals surface area (Å²) in [7, 11) is 1.61. The van der Waals surface area contributed by atoms with E-state index in [0.717, 1.165) is 42.0 Å². The highest BCUT2D eigenvalue weighted by molar-refractivity contribution is 5.67. The lowest BCUT2D eigenvalue weighted by atomic mass is 9.97. The number of aryl methyl sites for hydroxylation is 1. The quantitative estimate of drug-likeness (QED) is 0.450. The van der Waals surface area contributed by atoms with Gasteiger partial charge in [-0.25, -0.2) is 4.79 Å². The Kier molecular flexibility index (Phi) is 8.87. The second-order valence-corrected chi connectivity index (χ2v) is 7.29. The summed E-state index contributed by atoms with van der Waals surface area (Å²) in [6, 6.07) is 7.76. The molecule has 8 nitrogen and oxygen atoms in total. The Hall–Kier alpha value is -2.42. The van der Waals surface area contributed by atoms with Gasteiger partial charge in [-0.1, -0.05) is 6.92 Å². The molecule has 0 radical (unpaired) electrons. The standard InChI is InChI=1S/C23H32N2O6/c1-4-10-28-11-12-30-18-6-7-20-17(13-18)8-9-25-21(20)14-22(24-23(25)26)31-16-19(15-27-3)29-5-2/h6-7,13-14,19H,4-5,8-12,15-16H2,1-3H3/t19-/m0/s1. The van der Waals surface area contributed by atoms with E-state index in [2.05, 4.69) is 11.9 Å². The lowest BCUT2D eigenvalue weighted by Gasteiger charge is -2.23. The van der Waals surface area contributed by atoms with E-state index < -0.39 is 0 Å². The van der Waals surface area contributed by atoms with Gasteiger partial charge in [-0.05, 0) is 43.5 Å². The maximum Gasteiger partial charge on any atom is 0.351 e. The number of rotatable bonds is 13. The summed E-state index contributed by atoms with van der Waals surface area (Å²) in [6.07, 6.45) is 1.52. The molecule has 0 N–H and O–H groups in total. The van der Waals surface area contributed by atoms with Crippen molar-refractivity contribution in [3.8, 4) is 22.9 Å². The summed E-state index contributed by atoms with van der Waals surface area (Å²) < 4.78 is 29.5. The van der Waals surface area contributed by atoms with Crippen LogP contribution >= 0.6 is 0 Å². The molecule has 1 aliphatic rings. The summed E-state index contributed by atoms with van der Waals surface area (Å²) in [4.78, 5) is 16.6. The Labute approximate surface area is 183 Å². The molecule has 0 bridgehead atoms. The molecule has 8 heteroatoms. The SMILES string of the molecule is CCCOCCOc1ccc2c(c1)CCn1c-2cc(OC[C@H](COC)OCC)nc1=O. The number of hydrogen-bond donors (Lipinski definition) is 0. The molecule has 1 aliphatic heterocycles. The molecular formula is C23H32N2O6. The smallest absolute Gasteiger partial charge is 0.351 e. The van der Waals surface area contributed by atoms with Gasteiger partial charge in [0.1, 0.15) is 25.1 Å². The fourth-order valence-corrected chi connectivity index (χ4v) is 3.56. The maximum atomic E-state index is 12.6. The van der Waals surface area contributed by atoms with Crippen LogP contribution in [-0.4, -0.2) is 62.4 Å². The number of ether oxygens (including phenoxy) is 5. The fourth-order valence-electron chi connectivity index (χ4n) is 3.56. The average molecular weight is 433 g/mol. The van der Waals surface area contributed by atoms with E-state index >= 15 is 0 Å². The number of hydrogen-bond acceptors (Lipinski definition) is 7. The van der Waals surface area contributed by atoms with Gasteiger partial charge in [-0.15, -0.1) is 0 Å². The largest absolute Gasteiger partial charge is 0.491 e. The van der Waals surface area contributed by atoms with Crippen molar-refractivity contribution in [2.75, 3.05) is 46.8 Å². The average Bonchev–Trinajstić information content (AvgIpc) is 2.77. The van der Waals surface area contributed by atoms with E-state index in [9.17, 15) is 4.79 Å². The number of fused-ring (bicyclic) bond motifs is 3. The summed E-state index contributed by atoms with van der Waals surface area (Å²) in [6.45, 7) is 7.62. The van der Waals surface area contributed by atoms with Gasteiger partial charge >= 0.3 is 5.69 Å². The van der Waals surface area contributed by atoms with Crippen molar-refractivity contribution in [1.29, 1.82) is 0 Å². The Morgan fingerprint density at radius 2 is 1.97 bits per heavy atom. The summed E-state index contributed by atoms with van der Waals surface area (Å²) in [5.74, 6) is 1.10. The number of benzene rings is 1. The van der Waals surface area contributed by atoms with Gasteiger partial charge in [0.25, 0.3) is 0 Å². The molecule has 1 aromatic heterocycles. The minimum atomic E-state index is -0.314. The summed E-state index contributed by atoms with van der Waals surface area (Å²) in [5.41, 5.74) is 2.61. The maximum absolute atomic E-state index is 12.6. The van der Waals surface area contributed by atoms with E-state index in [4.69, 9.17) is 23.7 Å². The Morgan fingerprint density at radius 3 is 2.74 bits per heavy atom. The van der Waals surface area contributed by atoms with Gasteiger partial charge in [-0.2, -0.15) is 4.98 Å². The number of aromatic nitrogens is 2. The topological polar surface area (TPSA) is 81.0 Å². The highest BCUT2D eigenvalue weighted by Crippen LogP contribution is 2.32. The molecular weight excluding hydrogens is 400 g/mol. The van der Waals surface area contributed by atoms with Crippen LogP contribution in [0.3, 0.4) is 0 Å². The van der Waals surface area contributed by atoms with Crippen LogP contribution < -0.4 is 15.2 Å². The van der Waals surface area contributed by atoms with Crippen LogP contribution in [-0.2, 0) is 27.2 Å². The second kappa shape index (κ2) is 11.8. The molecule has 0 fully saturated rings. The zero-order valence-electron chi connectivity index (χ0n) is 18.6. The molecule has 0 unspecified atom stereocenters. The first-order chi connectivity index (χ1) is 15.2. The lowest BCUT2D eigenvalue weighted by Crippen LogP contribution is -2.30. The van der Waals surface area contributed by atoms with E-state index in [1.165, 1.54) is 0 Å². The number of methoxy groups -OCH3 is 1. The van der Waals surface area contributed by atoms with Crippen LogP contribution in [0, 0.1) is 0 Å². The second-order valence-electron chi connectivity index (χ2n) is 7.29. The molecule has 1 aromatic carbocycles. The van der Waals surface area contributed by atoms with Crippen molar-refractivity contribution < 1.29 is 23.7 Å². The molecule has 1 atom stereocenters. The molecule has 31 heavy (non-hydrogen) atoms. The third kappa shape index (κ3) is 6.29. The predicted molar refractivity (Wildman–Crippen MR) is 117 cm³/mol. The van der Waals surface area contributed by atoms with Crippen LogP contribution in [0.5, 0.6) is 11.6 Å². The van der Waals surface area contributed by atoms with Gasteiger partial charge in [0.15, 0.2) is 0 Å². The van der Waals surface area contributed by atoms with E-state index in [1.54, 1.807) is 11.7 Å². The van der Waals surface area contributed by atoms with Crippen molar-refractivity contribution in [3.63, 3.8) is 0 Å². The normalized spacial score (nSPS) is 13.4. The predicted octanol–water partition coefficient (Wildman–Crippen LogP) is 2.70. The summed E-state index contributed by atoms with van der Waals surface area (Å²) in [5, 5.41) is 0. The Balaban J connectivity index is 1.73. The molecule has 3 rings (SSSR count). The Bertz CT molecular complexity index is 892. The van der Waals surface area contributed by atoms with E-state index in [0.29, 0.717) is 38.9 Å². The van der Waals surface area contributed by atoms with Crippen LogP contribution in [0.1, 0.15) is 25.8 Å². The van der Waals surface area contributed by atoms with Crippen molar-refractivity contribution >= 4 is 0 Å². The zero-order valence-corrected chi connectivity index (χ0v) is 18.6. The van der Waals surface area contributed by atoms with Crippen LogP contribution in [0.4, 0.5) is 0 Å².